The molecule has 1 aliphatic rings. The number of carbonyl (C=O) groups is 3. The fourth-order valence-electron chi connectivity index (χ4n) is 4.66. The van der Waals surface area contributed by atoms with E-state index in [1.54, 1.807) is 35.4 Å². The first kappa shape index (κ1) is 31.8. The molecule has 1 atom stereocenters. The monoisotopic (exact) mass is 623 g/mol. The number of hydrogen-bond donors (Lipinski definition) is 3. The first-order chi connectivity index (χ1) is 20.6. The highest BCUT2D eigenvalue weighted by Gasteiger charge is 2.38. The lowest BCUT2D eigenvalue weighted by Gasteiger charge is -2.25. The molecular formula is C28H23F6N5O5. The Labute approximate surface area is 244 Å². The quantitative estimate of drug-likeness (QED) is 0.236. The Balaban J connectivity index is 0.000000566. The number of aromatic amines is 1. The van der Waals surface area contributed by atoms with Crippen LogP contribution >= 0.6 is 0 Å². The van der Waals surface area contributed by atoms with E-state index in [0.717, 1.165) is 18.6 Å². The van der Waals surface area contributed by atoms with Crippen LogP contribution in [0.2, 0.25) is 0 Å². The van der Waals surface area contributed by atoms with Crippen molar-refractivity contribution in [2.45, 2.75) is 38.2 Å². The fourth-order valence-corrected chi connectivity index (χ4v) is 4.66. The molecule has 2 amide bonds. The molecule has 0 spiro atoms. The molecule has 0 aliphatic carbocycles. The molecule has 1 fully saturated rings. The third-order valence-electron chi connectivity index (χ3n) is 6.57. The Hall–Kier alpha value is -5.15. The number of ether oxygens (including phenoxy) is 1. The molecule has 2 aromatic heterocycles. The van der Waals surface area contributed by atoms with E-state index in [1.165, 1.54) is 13.0 Å². The maximum absolute atomic E-state index is 13.6. The molecule has 1 saturated heterocycles. The second-order valence-electron chi connectivity index (χ2n) is 9.55. The number of nitrogens with two attached hydrogens (primary N) is 1. The van der Waals surface area contributed by atoms with Crippen molar-refractivity contribution in [3.8, 4) is 23.0 Å². The van der Waals surface area contributed by atoms with Crippen LogP contribution < -0.4 is 10.5 Å². The molecule has 44 heavy (non-hydrogen) atoms. The van der Waals surface area contributed by atoms with Gasteiger partial charge in [-0.1, -0.05) is 6.07 Å². The Kier molecular flexibility index (Phi) is 8.83. The van der Waals surface area contributed by atoms with Gasteiger partial charge in [0.05, 0.1) is 28.2 Å². The molecular weight excluding hydrogens is 600 g/mol. The number of fused-ring (bicyclic) bond motifs is 1. The molecule has 1 unspecified atom stereocenters. The predicted octanol–water partition coefficient (Wildman–Crippen LogP) is 5.85. The highest BCUT2D eigenvalue weighted by atomic mass is 19.4. The molecule has 4 N–H and O–H groups in total. The van der Waals surface area contributed by atoms with Crippen molar-refractivity contribution < 1.29 is 50.6 Å². The van der Waals surface area contributed by atoms with E-state index in [9.17, 15) is 35.9 Å². The lowest BCUT2D eigenvalue weighted by Crippen LogP contribution is -2.28. The highest BCUT2D eigenvalue weighted by molar-refractivity contribution is 5.94. The zero-order valence-electron chi connectivity index (χ0n) is 22.7. The van der Waals surface area contributed by atoms with Crippen molar-refractivity contribution in [1.82, 2.24) is 19.9 Å². The van der Waals surface area contributed by atoms with E-state index < -0.39 is 35.4 Å². The molecule has 5 rings (SSSR count). The molecule has 0 saturated carbocycles. The van der Waals surface area contributed by atoms with Gasteiger partial charge < -0.3 is 25.5 Å². The first-order valence-corrected chi connectivity index (χ1v) is 12.8. The van der Waals surface area contributed by atoms with Gasteiger partial charge in [-0.15, -0.1) is 0 Å². The van der Waals surface area contributed by atoms with Crippen LogP contribution in [0.4, 0.5) is 26.3 Å². The van der Waals surface area contributed by atoms with Gasteiger partial charge in [0.15, 0.2) is 5.82 Å². The smallest absolute Gasteiger partial charge is 0.475 e. The van der Waals surface area contributed by atoms with Crippen LogP contribution in [-0.2, 0) is 15.8 Å². The van der Waals surface area contributed by atoms with Gasteiger partial charge in [0.2, 0.25) is 11.8 Å². The van der Waals surface area contributed by atoms with Crippen LogP contribution in [0.15, 0.2) is 54.7 Å². The van der Waals surface area contributed by atoms with E-state index >= 15 is 0 Å². The number of aromatic nitrogens is 3. The van der Waals surface area contributed by atoms with Gasteiger partial charge in [-0.2, -0.15) is 26.3 Å². The number of likely N-dealkylation sites (tertiary alicyclic amines) is 1. The number of pyridine rings is 1. The summed E-state index contributed by atoms with van der Waals surface area (Å²) in [5.74, 6) is -3.43. The van der Waals surface area contributed by atoms with Gasteiger partial charge in [0.1, 0.15) is 17.2 Å². The number of amides is 2. The summed E-state index contributed by atoms with van der Waals surface area (Å²) in [6, 6.07) is 11.5. The molecule has 2 aromatic carbocycles. The predicted molar refractivity (Wildman–Crippen MR) is 142 cm³/mol. The minimum absolute atomic E-state index is 0.113. The summed E-state index contributed by atoms with van der Waals surface area (Å²) in [5.41, 5.74) is 5.72. The number of halogens is 6. The fraction of sp³-hybridized carbons (Fsp3) is 0.250. The standard InChI is InChI=1S/C26H22F3N5O3.C2HF3O2/c1-14(35)34-10-4-6-22(34)17-12-20-21(33-25(32-20)19-5-2-3-9-31-19)13-23(17)37-15-7-8-16(24(30)36)18(11-15)26(27,28)29;3-2(4,5)1(6)7/h2-3,5,7-9,11-13,22H,4,6,10H2,1H3,(H2,30,36)(H,32,33);(H,6,7). The van der Waals surface area contributed by atoms with Crippen molar-refractivity contribution in [2.75, 3.05) is 6.54 Å². The van der Waals surface area contributed by atoms with Crippen LogP contribution in [0, 0.1) is 0 Å². The summed E-state index contributed by atoms with van der Waals surface area (Å²) in [4.78, 5) is 46.6. The van der Waals surface area contributed by atoms with Gasteiger partial charge in [-0.05, 0) is 49.2 Å². The van der Waals surface area contributed by atoms with Gasteiger partial charge in [-0.3, -0.25) is 14.6 Å². The van der Waals surface area contributed by atoms with Crippen LogP contribution in [0.1, 0.15) is 47.3 Å². The van der Waals surface area contributed by atoms with E-state index in [-0.39, 0.29) is 23.4 Å². The van der Waals surface area contributed by atoms with Crippen LogP contribution in [-0.4, -0.2) is 55.5 Å². The first-order valence-electron chi connectivity index (χ1n) is 12.8. The number of aliphatic carboxylic acids is 1. The van der Waals surface area contributed by atoms with Crippen LogP contribution in [0.5, 0.6) is 11.5 Å². The van der Waals surface area contributed by atoms with Gasteiger partial charge >= 0.3 is 18.3 Å². The zero-order valence-corrected chi connectivity index (χ0v) is 22.7. The highest BCUT2D eigenvalue weighted by Crippen LogP contribution is 2.42. The average molecular weight is 624 g/mol. The number of nitrogens with zero attached hydrogens (tertiary/aromatic N) is 3. The summed E-state index contributed by atoms with van der Waals surface area (Å²) < 4.78 is 78.6. The SMILES string of the molecule is CC(=O)N1CCCC1c1cc2[nH]c(-c3ccccn3)nc2cc1Oc1ccc(C(N)=O)c(C(F)(F)F)c1.O=C(O)C(F)(F)F. The molecule has 16 heteroatoms. The van der Waals surface area contributed by atoms with Gasteiger partial charge in [0.25, 0.3) is 0 Å². The average Bonchev–Trinajstić information content (AvgIpc) is 3.60. The molecule has 232 valence electrons. The number of hydrogen-bond acceptors (Lipinski definition) is 6. The Morgan fingerprint density at radius 1 is 1.07 bits per heavy atom. The maximum atomic E-state index is 13.6. The van der Waals surface area contributed by atoms with Gasteiger partial charge in [0, 0.05) is 31.3 Å². The minimum Gasteiger partial charge on any atom is -0.475 e. The van der Waals surface area contributed by atoms with Crippen molar-refractivity contribution in [2.24, 2.45) is 5.73 Å². The zero-order chi connectivity index (χ0) is 32.4. The number of carbonyl (C=O) groups excluding carboxylic acids is 2. The number of carboxylic acids is 1. The van der Waals surface area contributed by atoms with Crippen molar-refractivity contribution >= 4 is 28.8 Å². The van der Waals surface area contributed by atoms with Gasteiger partial charge in [-0.25, -0.2) is 9.78 Å². The number of alkyl halides is 6. The van der Waals surface area contributed by atoms with E-state index in [1.807, 2.05) is 6.07 Å². The lowest BCUT2D eigenvalue weighted by atomic mass is 10.0. The second-order valence-corrected chi connectivity index (χ2v) is 9.55. The number of benzene rings is 2. The summed E-state index contributed by atoms with van der Waals surface area (Å²) in [6.07, 6.45) is -6.82. The normalized spacial score (nSPS) is 15.1. The third kappa shape index (κ3) is 7.07. The molecule has 1 aliphatic heterocycles. The van der Waals surface area contributed by atoms with Crippen molar-refractivity contribution in [3.63, 3.8) is 0 Å². The number of carboxylic acid groups (broad SMARTS) is 1. The van der Waals surface area contributed by atoms with E-state index in [2.05, 4.69) is 15.0 Å². The molecule has 4 aromatic rings. The topological polar surface area (TPSA) is 151 Å². The Morgan fingerprint density at radius 2 is 1.77 bits per heavy atom. The number of rotatable bonds is 5. The number of imidazole rings is 1. The van der Waals surface area contributed by atoms with Crippen LogP contribution in [0.25, 0.3) is 22.6 Å². The van der Waals surface area contributed by atoms with E-state index in [0.29, 0.717) is 41.1 Å². The molecule has 3 heterocycles. The van der Waals surface area contributed by atoms with Crippen LogP contribution in [0.3, 0.4) is 0 Å². The van der Waals surface area contributed by atoms with Crippen molar-refractivity contribution in [1.29, 1.82) is 0 Å². The Bertz CT molecular complexity index is 1710. The molecule has 0 bridgehead atoms. The third-order valence-corrected chi connectivity index (χ3v) is 6.57. The number of H-pyrrole nitrogens is 1. The van der Waals surface area contributed by atoms with Crippen molar-refractivity contribution in [3.05, 3.63) is 71.4 Å². The number of nitrogens with one attached hydrogen (secondary N) is 1. The molecule has 0 radical (unpaired) electrons. The largest absolute Gasteiger partial charge is 0.490 e. The maximum Gasteiger partial charge on any atom is 0.490 e. The summed E-state index contributed by atoms with van der Waals surface area (Å²) >= 11 is 0. The number of primary amides is 1. The minimum atomic E-state index is -5.08. The summed E-state index contributed by atoms with van der Waals surface area (Å²) in [6.45, 7) is 2.04. The second kappa shape index (κ2) is 12.2. The lowest BCUT2D eigenvalue weighted by molar-refractivity contribution is -0.192. The summed E-state index contributed by atoms with van der Waals surface area (Å²) in [7, 11) is 0. The Morgan fingerprint density at radius 3 is 2.34 bits per heavy atom. The summed E-state index contributed by atoms with van der Waals surface area (Å²) in [5, 5.41) is 7.12. The molecule has 10 nitrogen and oxygen atoms in total. The van der Waals surface area contributed by atoms with E-state index in [4.69, 9.17) is 20.4 Å².